The first-order chi connectivity index (χ1) is 8.78. The zero-order valence-corrected chi connectivity index (χ0v) is 14.0. The summed E-state index contributed by atoms with van der Waals surface area (Å²) in [6, 6.07) is 6.88. The maximum Gasteiger partial charge on any atom is 0.110 e. The second-order valence-corrected chi connectivity index (χ2v) is 3.03. The van der Waals surface area contributed by atoms with Crippen molar-refractivity contribution in [1.29, 1.82) is 0 Å². The average Bonchev–Trinajstić information content (AvgIpc) is 2.40. The quantitative estimate of drug-likeness (QED) is 0.473. The minimum Gasteiger partial charge on any atom is -0.516 e. The normalized spacial score (nSPS) is 8.95. The predicted octanol–water partition coefficient (Wildman–Crippen LogP) is 2.27. The number of nitrogens with one attached hydrogen (secondary N) is 1. The number of benzene rings is 1. The number of aliphatic hydroxyl groups excluding tert-OH is 1. The zero-order chi connectivity index (χ0) is 13.6. The molecule has 1 radical (unpaired) electrons. The molecular formula is C13H18NO4Y-. The van der Waals surface area contributed by atoms with E-state index in [9.17, 15) is 4.79 Å². The monoisotopic (exact) mass is 341 g/mol. The SMILES string of the molecule is CCOC.O=[C-]Nc1cccc(OC/C=C/O)c1.[Y]. The van der Waals surface area contributed by atoms with Gasteiger partial charge >= 0.3 is 0 Å². The fourth-order valence-electron chi connectivity index (χ4n) is 0.910. The molecule has 0 bridgehead atoms. The molecule has 1 amide bonds. The summed E-state index contributed by atoms with van der Waals surface area (Å²) in [6.07, 6.45) is 3.95. The zero-order valence-electron chi connectivity index (χ0n) is 11.1. The molecule has 19 heavy (non-hydrogen) atoms. The summed E-state index contributed by atoms with van der Waals surface area (Å²) >= 11 is 0. The Bertz CT molecular complexity index is 356. The van der Waals surface area contributed by atoms with Gasteiger partial charge in [-0.2, -0.15) is 0 Å². The Balaban J connectivity index is 0. The van der Waals surface area contributed by atoms with E-state index in [0.29, 0.717) is 11.4 Å². The molecule has 0 aromatic heterocycles. The molecule has 0 heterocycles. The fraction of sp³-hybridized carbons (Fsp3) is 0.308. The minimum atomic E-state index is 0. The molecule has 0 saturated heterocycles. The van der Waals surface area contributed by atoms with Gasteiger partial charge in [0.25, 0.3) is 0 Å². The van der Waals surface area contributed by atoms with Gasteiger partial charge in [0.2, 0.25) is 0 Å². The van der Waals surface area contributed by atoms with E-state index in [-0.39, 0.29) is 39.3 Å². The molecule has 0 saturated carbocycles. The van der Waals surface area contributed by atoms with Crippen molar-refractivity contribution in [3.05, 3.63) is 36.6 Å². The number of hydrogen-bond donors (Lipinski definition) is 2. The number of ether oxygens (including phenoxy) is 2. The summed E-state index contributed by atoms with van der Waals surface area (Å²) in [4.78, 5) is 10.0. The molecule has 1 rings (SSSR count). The molecule has 1 aromatic carbocycles. The van der Waals surface area contributed by atoms with Crippen molar-refractivity contribution in [2.75, 3.05) is 25.6 Å². The molecule has 0 aliphatic carbocycles. The largest absolute Gasteiger partial charge is 0.516 e. The Morgan fingerprint density at radius 2 is 2.16 bits per heavy atom. The molecule has 2 N–H and O–H groups in total. The molecule has 0 aliphatic rings. The number of anilines is 1. The van der Waals surface area contributed by atoms with Gasteiger partial charge in [-0.3, -0.25) is 0 Å². The van der Waals surface area contributed by atoms with Gasteiger partial charge in [0.15, 0.2) is 0 Å². The second-order valence-electron chi connectivity index (χ2n) is 3.03. The van der Waals surface area contributed by atoms with E-state index in [0.717, 1.165) is 12.9 Å². The van der Waals surface area contributed by atoms with Crippen LogP contribution in [0.4, 0.5) is 5.69 Å². The van der Waals surface area contributed by atoms with Gasteiger partial charge in [-0.25, -0.2) is 0 Å². The molecule has 0 atom stereocenters. The Morgan fingerprint density at radius 3 is 2.68 bits per heavy atom. The molecule has 0 aliphatic heterocycles. The van der Waals surface area contributed by atoms with Crippen LogP contribution in [0.2, 0.25) is 0 Å². The van der Waals surface area contributed by atoms with Crippen molar-refractivity contribution < 1.29 is 52.1 Å². The van der Waals surface area contributed by atoms with E-state index < -0.39 is 0 Å². The number of carbonyl (C=O) groups excluding carboxylic acids is 1. The third-order valence-corrected chi connectivity index (χ3v) is 1.77. The van der Waals surface area contributed by atoms with Crippen LogP contribution >= 0.6 is 0 Å². The third kappa shape index (κ3) is 11.9. The average molecular weight is 341 g/mol. The summed E-state index contributed by atoms with van der Waals surface area (Å²) < 4.78 is 9.76. The maximum atomic E-state index is 10.0. The van der Waals surface area contributed by atoms with Gasteiger partial charge in [0.05, 0.1) is 12.7 Å². The number of amides is 1. The molecule has 1 aromatic rings. The van der Waals surface area contributed by atoms with Gasteiger partial charge in [0, 0.05) is 46.4 Å². The molecule has 0 fully saturated rings. The first-order valence-corrected chi connectivity index (χ1v) is 5.42. The summed E-state index contributed by atoms with van der Waals surface area (Å²) in [6.45, 7) is 3.06. The first-order valence-electron chi connectivity index (χ1n) is 5.42. The van der Waals surface area contributed by atoms with Crippen LogP contribution in [0.5, 0.6) is 5.75 Å². The molecule has 103 valence electrons. The molecule has 5 nitrogen and oxygen atoms in total. The molecule has 0 unspecified atom stereocenters. The Hall–Kier alpha value is -0.906. The van der Waals surface area contributed by atoms with Crippen LogP contribution in [0.15, 0.2) is 36.6 Å². The van der Waals surface area contributed by atoms with Crippen molar-refractivity contribution in [2.24, 2.45) is 0 Å². The second kappa shape index (κ2) is 15.2. The van der Waals surface area contributed by atoms with Crippen LogP contribution in [0.3, 0.4) is 0 Å². The Morgan fingerprint density at radius 1 is 1.47 bits per heavy atom. The van der Waals surface area contributed by atoms with Crippen LogP contribution in [0.25, 0.3) is 0 Å². The minimum absolute atomic E-state index is 0. The topological polar surface area (TPSA) is 67.8 Å². The van der Waals surface area contributed by atoms with Gasteiger partial charge in [-0.05, 0) is 19.1 Å². The summed E-state index contributed by atoms with van der Waals surface area (Å²) in [7, 11) is 1.68. The Labute approximate surface area is 138 Å². The predicted molar refractivity (Wildman–Crippen MR) is 70.6 cm³/mol. The van der Waals surface area contributed by atoms with Crippen molar-refractivity contribution in [1.82, 2.24) is 0 Å². The van der Waals surface area contributed by atoms with Crippen molar-refractivity contribution in [3.63, 3.8) is 0 Å². The first kappa shape index (κ1) is 20.4. The van der Waals surface area contributed by atoms with Crippen LogP contribution in [0, 0.1) is 0 Å². The van der Waals surface area contributed by atoms with Crippen molar-refractivity contribution in [2.45, 2.75) is 6.92 Å². The van der Waals surface area contributed by atoms with Crippen LogP contribution < -0.4 is 10.1 Å². The maximum absolute atomic E-state index is 10.0. The Kier molecular flexibility index (Phi) is 16.3. The summed E-state index contributed by atoms with van der Waals surface area (Å²) in [5.74, 6) is 0.614. The smallest absolute Gasteiger partial charge is 0.110 e. The molecule has 0 spiro atoms. The van der Waals surface area contributed by atoms with Gasteiger partial charge in [-0.15, -0.1) is 11.8 Å². The molecule has 6 heteroatoms. The van der Waals surface area contributed by atoms with Gasteiger partial charge in [0.1, 0.15) is 12.4 Å². The van der Waals surface area contributed by atoms with Crippen LogP contribution in [0.1, 0.15) is 6.92 Å². The number of hydrogen-bond acceptors (Lipinski definition) is 4. The number of aliphatic hydroxyl groups is 1. The van der Waals surface area contributed by atoms with E-state index in [2.05, 4.69) is 10.1 Å². The fourth-order valence-corrected chi connectivity index (χ4v) is 0.910. The van der Waals surface area contributed by atoms with E-state index in [1.54, 1.807) is 37.8 Å². The van der Waals surface area contributed by atoms with E-state index in [1.165, 1.54) is 6.08 Å². The third-order valence-electron chi connectivity index (χ3n) is 1.77. The summed E-state index contributed by atoms with van der Waals surface area (Å²) in [5.41, 5.74) is 0.616. The summed E-state index contributed by atoms with van der Waals surface area (Å²) in [5, 5.41) is 10.7. The number of rotatable bonds is 6. The number of methoxy groups -OCH3 is 1. The van der Waals surface area contributed by atoms with Crippen LogP contribution in [-0.4, -0.2) is 31.8 Å². The standard InChI is InChI=1S/C10H10NO3.C3H8O.Y/c12-5-2-6-14-10-4-1-3-9(7-10)11-8-13;1-3-4-2;/h1-5,7,12H,6H2,(H,11,13);3H2,1-2H3;/q-1;;/b5-2+;;. The van der Waals surface area contributed by atoms with Gasteiger partial charge in [-0.1, -0.05) is 12.1 Å². The van der Waals surface area contributed by atoms with Crippen molar-refractivity contribution >= 4 is 12.1 Å². The van der Waals surface area contributed by atoms with E-state index >= 15 is 0 Å². The molecular weight excluding hydrogens is 323 g/mol. The van der Waals surface area contributed by atoms with E-state index in [4.69, 9.17) is 9.84 Å². The van der Waals surface area contributed by atoms with Crippen LogP contribution in [-0.2, 0) is 42.2 Å². The van der Waals surface area contributed by atoms with E-state index in [1.807, 2.05) is 6.92 Å². The van der Waals surface area contributed by atoms with Gasteiger partial charge < -0.3 is 24.7 Å². The van der Waals surface area contributed by atoms with Crippen molar-refractivity contribution in [3.8, 4) is 5.75 Å².